The summed E-state index contributed by atoms with van der Waals surface area (Å²) in [6.45, 7) is 5.05. The maximum Gasteiger partial charge on any atom is 0.338 e. The van der Waals surface area contributed by atoms with E-state index in [1.807, 2.05) is 0 Å². The molecular weight excluding hydrogens is 384 g/mol. The van der Waals surface area contributed by atoms with Crippen molar-refractivity contribution in [2.45, 2.75) is 37.9 Å². The molecule has 28 heavy (non-hydrogen) atoms. The fraction of sp³-hybridized carbons (Fsp3) is 0.263. The summed E-state index contributed by atoms with van der Waals surface area (Å²) in [6, 6.07) is 10.2. The van der Waals surface area contributed by atoms with Crippen molar-refractivity contribution in [2.75, 3.05) is 10.0 Å². The van der Waals surface area contributed by atoms with Crippen LogP contribution >= 0.6 is 0 Å². The first-order chi connectivity index (χ1) is 13.2. The first kappa shape index (κ1) is 19.7. The summed E-state index contributed by atoms with van der Waals surface area (Å²) in [7, 11) is -3.95. The Hall–Kier alpha value is -3.07. The van der Waals surface area contributed by atoms with E-state index in [0.29, 0.717) is 5.75 Å². The van der Waals surface area contributed by atoms with E-state index in [1.165, 1.54) is 36.4 Å². The second-order valence-corrected chi connectivity index (χ2v) is 8.23. The van der Waals surface area contributed by atoms with Crippen LogP contribution in [0.5, 0.6) is 5.75 Å². The zero-order valence-corrected chi connectivity index (χ0v) is 16.4. The van der Waals surface area contributed by atoms with E-state index < -0.39 is 22.1 Å². The van der Waals surface area contributed by atoms with Gasteiger partial charge in [0.05, 0.1) is 22.3 Å². The molecule has 148 valence electrons. The van der Waals surface area contributed by atoms with E-state index in [4.69, 9.17) is 9.47 Å². The number of sulfonamides is 1. The maximum absolute atomic E-state index is 12.7. The Bertz CT molecular complexity index is 1030. The van der Waals surface area contributed by atoms with Crippen LogP contribution in [0.1, 0.15) is 31.1 Å². The SMILES string of the molecule is CC(C)OC(=O)c1cccc(NS(=O)(=O)c2ccc3c(c2)NC(=O)C(C)O3)c1. The van der Waals surface area contributed by atoms with Crippen LogP contribution in [-0.4, -0.2) is 32.5 Å². The van der Waals surface area contributed by atoms with Crippen molar-refractivity contribution in [2.24, 2.45) is 0 Å². The molecule has 2 aromatic rings. The van der Waals surface area contributed by atoms with Crippen LogP contribution in [0.2, 0.25) is 0 Å². The fourth-order valence-electron chi connectivity index (χ4n) is 2.56. The minimum absolute atomic E-state index is 0.0557. The fourth-order valence-corrected chi connectivity index (χ4v) is 3.64. The zero-order chi connectivity index (χ0) is 20.5. The van der Waals surface area contributed by atoms with Crippen LogP contribution in [0.25, 0.3) is 0 Å². The van der Waals surface area contributed by atoms with Gasteiger partial charge in [0, 0.05) is 5.69 Å². The van der Waals surface area contributed by atoms with Crippen molar-refractivity contribution in [1.82, 2.24) is 0 Å². The molecule has 0 aromatic heterocycles. The number of anilines is 2. The van der Waals surface area contributed by atoms with Gasteiger partial charge in [0.25, 0.3) is 15.9 Å². The van der Waals surface area contributed by atoms with E-state index in [9.17, 15) is 18.0 Å². The predicted molar refractivity (Wildman–Crippen MR) is 103 cm³/mol. The summed E-state index contributed by atoms with van der Waals surface area (Å²) in [5.74, 6) is -0.505. The summed E-state index contributed by atoms with van der Waals surface area (Å²) >= 11 is 0. The lowest BCUT2D eigenvalue weighted by atomic mass is 10.2. The average Bonchev–Trinajstić information content (AvgIpc) is 2.61. The Labute approximate surface area is 162 Å². The highest BCUT2D eigenvalue weighted by atomic mass is 32.2. The van der Waals surface area contributed by atoms with Gasteiger partial charge in [-0.05, 0) is 57.2 Å². The Kier molecular flexibility index (Phi) is 5.28. The molecule has 3 rings (SSSR count). The normalized spacial score (nSPS) is 16.0. The van der Waals surface area contributed by atoms with Crippen LogP contribution in [0.4, 0.5) is 11.4 Å². The quantitative estimate of drug-likeness (QED) is 0.742. The van der Waals surface area contributed by atoms with Gasteiger partial charge in [-0.25, -0.2) is 13.2 Å². The summed E-state index contributed by atoms with van der Waals surface area (Å²) in [4.78, 5) is 23.7. The highest BCUT2D eigenvalue weighted by Crippen LogP contribution is 2.32. The largest absolute Gasteiger partial charge is 0.479 e. The van der Waals surface area contributed by atoms with Crippen molar-refractivity contribution in [1.29, 1.82) is 0 Å². The molecule has 0 bridgehead atoms. The molecule has 0 saturated carbocycles. The second-order valence-electron chi connectivity index (χ2n) is 6.55. The minimum atomic E-state index is -3.95. The van der Waals surface area contributed by atoms with E-state index in [0.717, 1.165) is 0 Å². The van der Waals surface area contributed by atoms with Gasteiger partial charge in [-0.3, -0.25) is 9.52 Å². The Balaban J connectivity index is 1.84. The predicted octanol–water partition coefficient (Wildman–Crippen LogP) is 2.77. The van der Waals surface area contributed by atoms with E-state index in [2.05, 4.69) is 10.0 Å². The molecule has 0 aliphatic carbocycles. The maximum atomic E-state index is 12.7. The van der Waals surface area contributed by atoms with Gasteiger partial charge in [-0.2, -0.15) is 0 Å². The van der Waals surface area contributed by atoms with Crippen molar-refractivity contribution >= 4 is 33.3 Å². The third kappa shape index (κ3) is 4.25. The minimum Gasteiger partial charge on any atom is -0.479 e. The smallest absolute Gasteiger partial charge is 0.338 e. The summed E-state index contributed by atoms with van der Waals surface area (Å²) < 4.78 is 38.4. The standard InChI is InChI=1S/C19H20N2O6S/c1-11(2)26-19(23)13-5-4-6-14(9-13)21-28(24,25)15-7-8-17-16(10-15)20-18(22)12(3)27-17/h4-12,21H,1-3H3,(H,20,22). The van der Waals surface area contributed by atoms with E-state index >= 15 is 0 Å². The number of hydrogen-bond acceptors (Lipinski definition) is 6. The number of amides is 1. The molecule has 1 unspecified atom stereocenters. The number of ether oxygens (including phenoxy) is 2. The van der Waals surface area contributed by atoms with Gasteiger partial charge in [-0.1, -0.05) is 6.07 Å². The van der Waals surface area contributed by atoms with Gasteiger partial charge in [-0.15, -0.1) is 0 Å². The molecule has 1 atom stereocenters. The second kappa shape index (κ2) is 7.51. The molecule has 1 aliphatic rings. The number of esters is 1. The molecular formula is C19H20N2O6S. The lowest BCUT2D eigenvalue weighted by Gasteiger charge is -2.23. The molecule has 2 aromatic carbocycles. The van der Waals surface area contributed by atoms with Crippen LogP contribution in [0.3, 0.4) is 0 Å². The van der Waals surface area contributed by atoms with Gasteiger partial charge in [0.1, 0.15) is 5.75 Å². The topological polar surface area (TPSA) is 111 Å². The van der Waals surface area contributed by atoms with Crippen molar-refractivity contribution < 1.29 is 27.5 Å². The third-order valence-corrected chi connectivity index (χ3v) is 5.26. The van der Waals surface area contributed by atoms with Crippen LogP contribution in [0, 0.1) is 0 Å². The lowest BCUT2D eigenvalue weighted by molar-refractivity contribution is -0.122. The summed E-state index contributed by atoms with van der Waals surface area (Å²) in [6.07, 6.45) is -0.940. The highest BCUT2D eigenvalue weighted by molar-refractivity contribution is 7.92. The Morgan fingerprint density at radius 1 is 1.21 bits per heavy atom. The van der Waals surface area contributed by atoms with Crippen molar-refractivity contribution in [3.8, 4) is 5.75 Å². The van der Waals surface area contributed by atoms with E-state index in [-0.39, 0.29) is 33.8 Å². The first-order valence-electron chi connectivity index (χ1n) is 8.61. The van der Waals surface area contributed by atoms with Crippen LogP contribution in [-0.2, 0) is 19.6 Å². The molecule has 0 spiro atoms. The molecule has 1 aliphatic heterocycles. The lowest BCUT2D eigenvalue weighted by Crippen LogP contribution is -2.34. The summed E-state index contributed by atoms with van der Waals surface area (Å²) in [5, 5.41) is 2.61. The number of hydrogen-bond donors (Lipinski definition) is 2. The monoisotopic (exact) mass is 404 g/mol. The number of rotatable bonds is 5. The van der Waals surface area contributed by atoms with Gasteiger partial charge >= 0.3 is 5.97 Å². The average molecular weight is 404 g/mol. The van der Waals surface area contributed by atoms with Crippen LogP contribution in [0.15, 0.2) is 47.4 Å². The van der Waals surface area contributed by atoms with Crippen molar-refractivity contribution in [3.63, 3.8) is 0 Å². The Morgan fingerprint density at radius 2 is 1.96 bits per heavy atom. The van der Waals surface area contributed by atoms with Crippen LogP contribution < -0.4 is 14.8 Å². The highest BCUT2D eigenvalue weighted by Gasteiger charge is 2.25. The van der Waals surface area contributed by atoms with Crippen molar-refractivity contribution in [3.05, 3.63) is 48.0 Å². The van der Waals surface area contributed by atoms with Gasteiger partial charge in [0.15, 0.2) is 6.10 Å². The van der Waals surface area contributed by atoms with Gasteiger partial charge < -0.3 is 14.8 Å². The van der Waals surface area contributed by atoms with Gasteiger partial charge in [0.2, 0.25) is 0 Å². The molecule has 0 saturated heterocycles. The molecule has 0 fully saturated rings. The molecule has 8 nitrogen and oxygen atoms in total. The molecule has 0 radical (unpaired) electrons. The number of fused-ring (bicyclic) bond motifs is 1. The van der Waals surface area contributed by atoms with E-state index in [1.54, 1.807) is 26.8 Å². The molecule has 1 heterocycles. The number of nitrogens with one attached hydrogen (secondary N) is 2. The number of carbonyl (C=O) groups excluding carboxylic acids is 2. The summed E-state index contributed by atoms with van der Waals surface area (Å²) in [5.41, 5.74) is 0.721. The molecule has 2 N–H and O–H groups in total. The third-order valence-electron chi connectivity index (χ3n) is 3.89. The zero-order valence-electron chi connectivity index (χ0n) is 15.6. The molecule has 1 amide bonds. The number of carbonyl (C=O) groups is 2. The Morgan fingerprint density at radius 3 is 2.68 bits per heavy atom. The number of benzene rings is 2. The first-order valence-corrected chi connectivity index (χ1v) is 10.1. The molecule has 9 heteroatoms.